The fraction of sp³-hybridized carbons (Fsp3) is 0.136. The second kappa shape index (κ2) is 6.90. The summed E-state index contributed by atoms with van der Waals surface area (Å²) in [7, 11) is -0.496. The van der Waals surface area contributed by atoms with Crippen LogP contribution < -0.4 is 15.6 Å². The van der Waals surface area contributed by atoms with Crippen LogP contribution in [0.25, 0.3) is 0 Å². The van der Waals surface area contributed by atoms with Crippen LogP contribution in [0.1, 0.15) is 0 Å². The molecule has 1 heterocycles. The third kappa shape index (κ3) is 2.58. The van der Waals surface area contributed by atoms with Gasteiger partial charge in [-0.3, -0.25) is 4.79 Å². The predicted octanol–water partition coefficient (Wildman–Crippen LogP) is 1.51. The van der Waals surface area contributed by atoms with Gasteiger partial charge >= 0.3 is 5.97 Å². The largest absolute Gasteiger partial charge is 0.462 e. The van der Waals surface area contributed by atoms with E-state index in [0.717, 1.165) is 0 Å². The summed E-state index contributed by atoms with van der Waals surface area (Å²) in [5.74, 6) is -0.132. The smallest absolute Gasteiger partial charge is 0.326 e. The molecule has 130 valence electrons. The maximum absolute atomic E-state index is 12.2. The van der Waals surface area contributed by atoms with E-state index in [-0.39, 0.29) is 12.0 Å². The Kier molecular flexibility index (Phi) is 4.45. The summed E-state index contributed by atoms with van der Waals surface area (Å²) in [5.41, 5.74) is 0. The van der Waals surface area contributed by atoms with Gasteiger partial charge in [0.05, 0.1) is 0 Å². The Labute approximate surface area is 154 Å². The molecule has 1 saturated heterocycles. The molecule has 0 aromatic heterocycles. The highest BCUT2D eigenvalue weighted by atomic mass is 28.3. The van der Waals surface area contributed by atoms with Crippen LogP contribution in [-0.4, -0.2) is 38.5 Å². The lowest BCUT2D eigenvalue weighted by atomic mass is 10.2. The SMILES string of the molecule is CN(C1COC1=O)[Si](c1ccccc1)(c1ccccc1)c1ccccc1. The van der Waals surface area contributed by atoms with Gasteiger partial charge < -0.3 is 9.30 Å². The topological polar surface area (TPSA) is 29.5 Å². The van der Waals surface area contributed by atoms with Crippen LogP contribution in [0.5, 0.6) is 0 Å². The predicted molar refractivity (Wildman–Crippen MR) is 106 cm³/mol. The fourth-order valence-electron chi connectivity index (χ4n) is 3.88. The van der Waals surface area contributed by atoms with Crippen molar-refractivity contribution in [2.45, 2.75) is 6.04 Å². The number of ether oxygens (including phenoxy) is 1. The van der Waals surface area contributed by atoms with Gasteiger partial charge in [-0.2, -0.15) is 0 Å². The Bertz CT molecular complexity index is 787. The standard InChI is InChI=1S/C22H21NO2Si/c1-23(21-17-25-22(21)24)26(18-11-5-2-6-12-18,19-13-7-3-8-14-19)20-15-9-4-10-16-20/h2-16,21H,17H2,1H3. The van der Waals surface area contributed by atoms with Crippen molar-refractivity contribution >= 4 is 29.8 Å². The van der Waals surface area contributed by atoms with Crippen molar-refractivity contribution in [2.24, 2.45) is 0 Å². The third-order valence-corrected chi connectivity index (χ3v) is 10.1. The van der Waals surface area contributed by atoms with Gasteiger partial charge in [0.15, 0.2) is 0 Å². The quantitative estimate of drug-likeness (QED) is 0.393. The van der Waals surface area contributed by atoms with E-state index in [2.05, 4.69) is 84.4 Å². The van der Waals surface area contributed by atoms with Gasteiger partial charge in [0.1, 0.15) is 12.6 Å². The molecule has 1 unspecified atom stereocenters. The first-order valence-electron chi connectivity index (χ1n) is 8.80. The molecule has 0 amide bonds. The van der Waals surface area contributed by atoms with E-state index < -0.39 is 8.24 Å². The first-order valence-corrected chi connectivity index (χ1v) is 10.8. The summed E-state index contributed by atoms with van der Waals surface area (Å²) < 4.78 is 7.40. The second-order valence-electron chi connectivity index (χ2n) is 6.57. The molecule has 0 saturated carbocycles. The van der Waals surface area contributed by atoms with E-state index in [9.17, 15) is 4.79 Å². The molecule has 1 fully saturated rings. The number of hydrogen-bond donors (Lipinski definition) is 0. The molecule has 3 aromatic rings. The first-order chi connectivity index (χ1) is 12.7. The molecule has 3 aromatic carbocycles. The molecule has 1 atom stereocenters. The van der Waals surface area contributed by atoms with Crippen LogP contribution in [-0.2, 0) is 9.53 Å². The molecule has 4 heteroatoms. The molecule has 3 nitrogen and oxygen atoms in total. The number of rotatable bonds is 5. The van der Waals surface area contributed by atoms with Crippen molar-refractivity contribution in [3.63, 3.8) is 0 Å². The molecule has 1 aliphatic rings. The zero-order chi connectivity index (χ0) is 18.0. The molecule has 26 heavy (non-hydrogen) atoms. The molecule has 0 bridgehead atoms. The highest BCUT2D eigenvalue weighted by Crippen LogP contribution is 2.20. The van der Waals surface area contributed by atoms with Crippen LogP contribution in [0.15, 0.2) is 91.0 Å². The number of carbonyl (C=O) groups excluding carboxylic acids is 1. The normalized spacial score (nSPS) is 16.8. The number of carbonyl (C=O) groups is 1. The highest BCUT2D eigenvalue weighted by Gasteiger charge is 2.50. The average molecular weight is 360 g/mol. The average Bonchev–Trinajstić information content (AvgIpc) is 2.70. The fourth-order valence-corrected chi connectivity index (χ4v) is 8.77. The minimum absolute atomic E-state index is 0.132. The molecular formula is C22H21NO2Si. The Morgan fingerprint density at radius 3 is 1.42 bits per heavy atom. The lowest BCUT2D eigenvalue weighted by Gasteiger charge is -2.46. The molecule has 0 N–H and O–H groups in total. The summed E-state index contributed by atoms with van der Waals surface area (Å²) in [5, 5.41) is 3.79. The van der Waals surface area contributed by atoms with Crippen molar-refractivity contribution < 1.29 is 9.53 Å². The van der Waals surface area contributed by atoms with E-state index in [0.29, 0.717) is 6.61 Å². The van der Waals surface area contributed by atoms with Crippen LogP contribution in [0, 0.1) is 0 Å². The highest BCUT2D eigenvalue weighted by molar-refractivity contribution is 7.09. The third-order valence-electron chi connectivity index (χ3n) is 5.23. The van der Waals surface area contributed by atoms with Gasteiger partial charge in [-0.25, -0.2) is 0 Å². The Balaban J connectivity index is 2.02. The van der Waals surface area contributed by atoms with Crippen molar-refractivity contribution in [3.05, 3.63) is 91.0 Å². The zero-order valence-corrected chi connectivity index (χ0v) is 15.7. The summed E-state index contributed by atoms with van der Waals surface area (Å²) in [6, 6.07) is 31.5. The van der Waals surface area contributed by atoms with Crippen LogP contribution in [0.2, 0.25) is 0 Å². The van der Waals surface area contributed by atoms with Gasteiger partial charge in [-0.15, -0.1) is 0 Å². The summed E-state index contributed by atoms with van der Waals surface area (Å²) in [6.07, 6.45) is 0. The minimum atomic E-state index is -2.57. The maximum atomic E-state index is 12.2. The lowest BCUT2D eigenvalue weighted by Crippen LogP contribution is -2.80. The molecular weight excluding hydrogens is 338 g/mol. The first kappa shape index (κ1) is 16.8. The van der Waals surface area contributed by atoms with Crippen molar-refractivity contribution in [1.82, 2.24) is 4.57 Å². The zero-order valence-electron chi connectivity index (χ0n) is 14.7. The van der Waals surface area contributed by atoms with Gasteiger partial charge in [0, 0.05) is 0 Å². The van der Waals surface area contributed by atoms with Gasteiger partial charge in [0.2, 0.25) is 8.24 Å². The van der Waals surface area contributed by atoms with E-state index in [1.807, 2.05) is 18.2 Å². The van der Waals surface area contributed by atoms with Crippen molar-refractivity contribution in [1.29, 1.82) is 0 Å². The number of cyclic esters (lactones) is 1. The van der Waals surface area contributed by atoms with Gasteiger partial charge in [0.25, 0.3) is 0 Å². The summed E-state index contributed by atoms with van der Waals surface area (Å²) >= 11 is 0. The molecule has 0 aliphatic carbocycles. The van der Waals surface area contributed by atoms with E-state index in [1.54, 1.807) is 0 Å². The van der Waals surface area contributed by atoms with Gasteiger partial charge in [-0.05, 0) is 22.6 Å². The van der Waals surface area contributed by atoms with Crippen molar-refractivity contribution in [3.8, 4) is 0 Å². The van der Waals surface area contributed by atoms with Gasteiger partial charge in [-0.1, -0.05) is 91.0 Å². The second-order valence-corrected chi connectivity index (χ2v) is 10.4. The summed E-state index contributed by atoms with van der Waals surface area (Å²) in [6.45, 7) is 0.455. The van der Waals surface area contributed by atoms with E-state index in [1.165, 1.54) is 15.6 Å². The molecule has 0 spiro atoms. The van der Waals surface area contributed by atoms with Crippen molar-refractivity contribution in [2.75, 3.05) is 13.7 Å². The maximum Gasteiger partial charge on any atom is 0.326 e. The molecule has 1 aliphatic heterocycles. The number of likely N-dealkylation sites (N-methyl/N-ethyl adjacent to an activating group) is 1. The summed E-state index contributed by atoms with van der Waals surface area (Å²) in [4.78, 5) is 12.2. The van der Waals surface area contributed by atoms with E-state index in [4.69, 9.17) is 4.74 Å². The Morgan fingerprint density at radius 1 is 0.769 bits per heavy atom. The number of hydrogen-bond acceptors (Lipinski definition) is 3. The Hall–Kier alpha value is -2.69. The van der Waals surface area contributed by atoms with E-state index >= 15 is 0 Å². The number of esters is 1. The Morgan fingerprint density at radius 2 is 1.15 bits per heavy atom. The molecule has 4 rings (SSSR count). The monoisotopic (exact) mass is 359 g/mol. The molecule has 0 radical (unpaired) electrons. The van der Waals surface area contributed by atoms with Crippen LogP contribution in [0.3, 0.4) is 0 Å². The lowest BCUT2D eigenvalue weighted by molar-refractivity contribution is -0.167. The van der Waals surface area contributed by atoms with Crippen LogP contribution >= 0.6 is 0 Å². The van der Waals surface area contributed by atoms with Crippen LogP contribution in [0.4, 0.5) is 0 Å². The minimum Gasteiger partial charge on any atom is -0.462 e. The number of nitrogens with zero attached hydrogens (tertiary/aromatic N) is 1. The number of benzene rings is 3.